The fourth-order valence-electron chi connectivity index (χ4n) is 4.39. The topological polar surface area (TPSA) is 92.5 Å². The molecule has 1 amide bonds. The van der Waals surface area contributed by atoms with Gasteiger partial charge in [0.1, 0.15) is 0 Å². The van der Waals surface area contributed by atoms with E-state index in [0.717, 1.165) is 57.8 Å². The Morgan fingerprint density at radius 3 is 2.24 bits per heavy atom. The minimum absolute atomic E-state index is 0. The summed E-state index contributed by atoms with van der Waals surface area (Å²) in [6.07, 6.45) is 8.99. The number of nitrogens with two attached hydrogens (primary N) is 1. The van der Waals surface area contributed by atoms with Gasteiger partial charge in [0, 0.05) is 31.1 Å². The Kier molecular flexibility index (Phi) is 7.55. The lowest BCUT2D eigenvalue weighted by molar-refractivity contribution is -0.136. The normalized spacial score (nSPS) is 31.6. The molecule has 146 valence electrons. The van der Waals surface area contributed by atoms with E-state index in [1.807, 2.05) is 0 Å². The lowest BCUT2D eigenvalue weighted by Gasteiger charge is -2.35. The third-order valence-corrected chi connectivity index (χ3v) is 7.86. The predicted molar refractivity (Wildman–Crippen MR) is 101 cm³/mol. The van der Waals surface area contributed by atoms with Crippen LogP contribution in [0.3, 0.4) is 0 Å². The van der Waals surface area contributed by atoms with Crippen LogP contribution in [-0.4, -0.2) is 49.6 Å². The summed E-state index contributed by atoms with van der Waals surface area (Å²) in [6.45, 7) is 1.07. The highest BCUT2D eigenvalue weighted by Crippen LogP contribution is 2.28. The lowest BCUT2D eigenvalue weighted by atomic mass is 9.93. The van der Waals surface area contributed by atoms with Gasteiger partial charge < -0.3 is 10.6 Å². The van der Waals surface area contributed by atoms with Gasteiger partial charge in [-0.3, -0.25) is 4.79 Å². The number of sulfonamides is 1. The largest absolute Gasteiger partial charge is 0.341 e. The van der Waals surface area contributed by atoms with Gasteiger partial charge >= 0.3 is 0 Å². The Bertz CT molecular complexity index is 543. The number of hydrogen-bond donors (Lipinski definition) is 2. The number of halogens is 1. The van der Waals surface area contributed by atoms with Crippen LogP contribution in [0, 0.1) is 5.92 Å². The number of piperidine rings is 1. The Hall–Kier alpha value is -0.370. The van der Waals surface area contributed by atoms with Crippen molar-refractivity contribution in [1.82, 2.24) is 9.62 Å². The fourth-order valence-corrected chi connectivity index (χ4v) is 6.13. The first-order chi connectivity index (χ1) is 11.5. The van der Waals surface area contributed by atoms with Crippen molar-refractivity contribution < 1.29 is 13.2 Å². The summed E-state index contributed by atoms with van der Waals surface area (Å²) < 4.78 is 28.4. The fraction of sp³-hybridized carbons (Fsp3) is 0.941. The van der Waals surface area contributed by atoms with Crippen molar-refractivity contribution >= 4 is 28.3 Å². The van der Waals surface area contributed by atoms with Crippen molar-refractivity contribution in [2.45, 2.75) is 81.5 Å². The summed E-state index contributed by atoms with van der Waals surface area (Å²) in [6, 6.07) is 0.218. The van der Waals surface area contributed by atoms with E-state index in [1.54, 1.807) is 4.90 Å². The smallest absolute Gasteiger partial charge is 0.225 e. The van der Waals surface area contributed by atoms with Crippen LogP contribution in [0.4, 0.5) is 0 Å². The average molecular weight is 394 g/mol. The molecule has 6 nitrogen and oxygen atoms in total. The van der Waals surface area contributed by atoms with Crippen molar-refractivity contribution in [2.24, 2.45) is 11.7 Å². The molecule has 3 rings (SSSR count). The number of amides is 1. The highest BCUT2D eigenvalue weighted by molar-refractivity contribution is 7.90. The summed E-state index contributed by atoms with van der Waals surface area (Å²) in [5.74, 6) is 0.301. The van der Waals surface area contributed by atoms with E-state index in [9.17, 15) is 13.2 Å². The monoisotopic (exact) mass is 393 g/mol. The van der Waals surface area contributed by atoms with E-state index in [4.69, 9.17) is 5.73 Å². The zero-order chi connectivity index (χ0) is 17.2. The third kappa shape index (κ3) is 5.31. The number of hydrogen-bond acceptors (Lipinski definition) is 4. The molecular weight excluding hydrogens is 362 g/mol. The van der Waals surface area contributed by atoms with Gasteiger partial charge in [0.05, 0.1) is 5.25 Å². The molecule has 1 heterocycles. The van der Waals surface area contributed by atoms with E-state index in [1.165, 1.54) is 0 Å². The van der Waals surface area contributed by atoms with Crippen LogP contribution in [-0.2, 0) is 14.8 Å². The number of carbonyl (C=O) groups excluding carboxylic acids is 1. The number of nitrogens with zero attached hydrogens (tertiary/aromatic N) is 1. The van der Waals surface area contributed by atoms with Crippen molar-refractivity contribution in [3.8, 4) is 0 Å². The Morgan fingerprint density at radius 1 is 0.960 bits per heavy atom. The van der Waals surface area contributed by atoms with Gasteiger partial charge in [-0.1, -0.05) is 12.8 Å². The van der Waals surface area contributed by atoms with E-state index >= 15 is 0 Å². The van der Waals surface area contributed by atoms with Crippen molar-refractivity contribution in [3.05, 3.63) is 0 Å². The van der Waals surface area contributed by atoms with Gasteiger partial charge in [0.25, 0.3) is 0 Å². The summed E-state index contributed by atoms with van der Waals surface area (Å²) in [5, 5.41) is -0.466. The van der Waals surface area contributed by atoms with Crippen LogP contribution in [0.1, 0.15) is 64.2 Å². The molecule has 2 aliphatic carbocycles. The van der Waals surface area contributed by atoms with Crippen LogP contribution in [0.15, 0.2) is 0 Å². The van der Waals surface area contributed by atoms with Gasteiger partial charge in [0.2, 0.25) is 15.9 Å². The van der Waals surface area contributed by atoms with Crippen LogP contribution in [0.2, 0.25) is 0 Å². The van der Waals surface area contributed by atoms with Gasteiger partial charge in [-0.05, 0) is 51.4 Å². The quantitative estimate of drug-likeness (QED) is 0.761. The number of nitrogens with one attached hydrogen (secondary N) is 1. The number of likely N-dealkylation sites (tertiary alicyclic amines) is 1. The van der Waals surface area contributed by atoms with E-state index in [-0.39, 0.29) is 36.3 Å². The Balaban J connectivity index is 0.00000225. The molecule has 3 fully saturated rings. The van der Waals surface area contributed by atoms with Crippen molar-refractivity contribution in [3.63, 3.8) is 0 Å². The van der Waals surface area contributed by atoms with Crippen molar-refractivity contribution in [2.75, 3.05) is 13.1 Å². The molecule has 1 unspecified atom stereocenters. The molecule has 1 atom stereocenters. The zero-order valence-corrected chi connectivity index (χ0v) is 16.5. The van der Waals surface area contributed by atoms with Crippen LogP contribution >= 0.6 is 12.4 Å². The summed E-state index contributed by atoms with van der Waals surface area (Å²) in [7, 11) is -3.38. The van der Waals surface area contributed by atoms with Crippen LogP contribution in [0.5, 0.6) is 0 Å². The second-order valence-corrected chi connectivity index (χ2v) is 9.80. The first-order valence-electron chi connectivity index (χ1n) is 9.51. The maximum Gasteiger partial charge on any atom is 0.225 e. The Labute approximate surface area is 157 Å². The second kappa shape index (κ2) is 9.02. The van der Waals surface area contributed by atoms with Gasteiger partial charge in [0.15, 0.2) is 0 Å². The van der Waals surface area contributed by atoms with E-state index < -0.39 is 15.3 Å². The molecule has 2 saturated carbocycles. The molecular formula is C17H32ClN3O3S. The molecule has 0 aromatic heterocycles. The first-order valence-corrected chi connectivity index (χ1v) is 11.1. The van der Waals surface area contributed by atoms with Crippen LogP contribution < -0.4 is 10.5 Å². The minimum Gasteiger partial charge on any atom is -0.341 e. The molecule has 0 aromatic rings. The standard InChI is InChI=1S/C17H31N3O3S.ClH/c18-14-7-9-15(10-8-14)19-24(22,23)16-6-3-11-20(12-16)17(21)13-4-1-2-5-13;/h13-16,19H,1-12,18H2;1H. The molecule has 3 N–H and O–H groups in total. The molecule has 0 bridgehead atoms. The molecule has 1 aliphatic heterocycles. The minimum atomic E-state index is -3.38. The third-order valence-electron chi connectivity index (χ3n) is 5.94. The molecule has 0 spiro atoms. The first kappa shape index (κ1) is 20.9. The van der Waals surface area contributed by atoms with E-state index in [0.29, 0.717) is 19.5 Å². The maximum atomic E-state index is 12.7. The van der Waals surface area contributed by atoms with Crippen molar-refractivity contribution in [1.29, 1.82) is 0 Å². The van der Waals surface area contributed by atoms with E-state index in [2.05, 4.69) is 4.72 Å². The number of carbonyl (C=O) groups is 1. The van der Waals surface area contributed by atoms with Gasteiger partial charge in [-0.25, -0.2) is 13.1 Å². The number of rotatable bonds is 4. The van der Waals surface area contributed by atoms with Gasteiger partial charge in [-0.15, -0.1) is 12.4 Å². The lowest BCUT2D eigenvalue weighted by Crippen LogP contribution is -2.51. The zero-order valence-electron chi connectivity index (χ0n) is 14.9. The molecule has 25 heavy (non-hydrogen) atoms. The molecule has 0 aromatic carbocycles. The molecule has 8 heteroatoms. The summed E-state index contributed by atoms with van der Waals surface area (Å²) >= 11 is 0. The Morgan fingerprint density at radius 2 is 1.60 bits per heavy atom. The molecule has 1 saturated heterocycles. The second-order valence-electron chi connectivity index (χ2n) is 7.80. The summed E-state index contributed by atoms with van der Waals surface area (Å²) in [4.78, 5) is 14.4. The SMILES string of the molecule is Cl.NC1CCC(NS(=O)(=O)C2CCCN(C(=O)C3CCCC3)C2)CC1. The van der Waals surface area contributed by atoms with Gasteiger partial charge in [-0.2, -0.15) is 0 Å². The highest BCUT2D eigenvalue weighted by Gasteiger charge is 2.36. The predicted octanol–water partition coefficient (Wildman–Crippen LogP) is 1.78. The maximum absolute atomic E-state index is 12.7. The molecule has 0 radical (unpaired) electrons. The van der Waals surface area contributed by atoms with Crippen LogP contribution in [0.25, 0.3) is 0 Å². The highest BCUT2D eigenvalue weighted by atomic mass is 35.5. The summed E-state index contributed by atoms with van der Waals surface area (Å²) in [5.41, 5.74) is 5.89. The molecule has 3 aliphatic rings. The average Bonchev–Trinajstić information content (AvgIpc) is 3.11.